The minimum atomic E-state index is -0.392. The van der Waals surface area contributed by atoms with Gasteiger partial charge in [-0.25, -0.2) is 0 Å². The highest BCUT2D eigenvalue weighted by Crippen LogP contribution is 2.12. The van der Waals surface area contributed by atoms with Gasteiger partial charge >= 0.3 is 0 Å². The molecule has 0 fully saturated rings. The third-order valence-corrected chi connectivity index (χ3v) is 3.91. The second kappa shape index (κ2) is 7.49. The first kappa shape index (κ1) is 16.5. The van der Waals surface area contributed by atoms with Gasteiger partial charge in [0.15, 0.2) is 0 Å². The smallest absolute Gasteiger partial charge is 0.227 e. The number of para-hydroxylation sites is 1. The first-order valence-electron chi connectivity index (χ1n) is 7.93. The molecule has 1 aromatic heterocycles. The molecule has 0 amide bonds. The Kier molecular flexibility index (Phi) is 4.95. The molecule has 5 heteroatoms. The molecular formula is C20H17N2O3+. The molecule has 3 aromatic rings. The van der Waals surface area contributed by atoms with Crippen molar-refractivity contribution in [1.29, 1.82) is 0 Å². The van der Waals surface area contributed by atoms with E-state index in [1.54, 1.807) is 18.2 Å². The van der Waals surface area contributed by atoms with Crippen LogP contribution in [0.1, 0.15) is 16.1 Å². The minimum absolute atomic E-state index is 0.00845. The SMILES string of the molecule is O=C(C[n+]1c(C=CC[N+](=O)[O-])ccc2ccccc21)c1ccccc1. The Bertz CT molecular complexity index is 950. The number of Topliss-reactive ketones (excluding diaryl/α,β-unsaturated/α-hetero) is 1. The number of nitro groups is 1. The summed E-state index contributed by atoms with van der Waals surface area (Å²) in [5.74, 6) is -0.00845. The number of carbonyl (C=O) groups excluding carboxylic acids is 1. The van der Waals surface area contributed by atoms with Crippen LogP contribution in [0.15, 0.2) is 72.8 Å². The Balaban J connectivity index is 2.02. The molecule has 2 aromatic carbocycles. The van der Waals surface area contributed by atoms with E-state index in [1.807, 2.05) is 59.2 Å². The van der Waals surface area contributed by atoms with Crippen LogP contribution in [0.4, 0.5) is 0 Å². The Morgan fingerprint density at radius 3 is 2.48 bits per heavy atom. The molecule has 0 aliphatic rings. The maximum Gasteiger partial charge on any atom is 0.227 e. The Morgan fingerprint density at radius 2 is 1.72 bits per heavy atom. The lowest BCUT2D eigenvalue weighted by Gasteiger charge is -2.05. The van der Waals surface area contributed by atoms with Crippen LogP contribution in [0.2, 0.25) is 0 Å². The van der Waals surface area contributed by atoms with Crippen molar-refractivity contribution in [1.82, 2.24) is 0 Å². The standard InChI is InChI=1S/C20H17N2O3/c23-20(17-8-2-1-3-9-17)15-21-18(10-6-14-22(24)25)13-12-16-7-4-5-11-19(16)21/h1-13H,14-15H2/q+1. The zero-order chi connectivity index (χ0) is 17.6. The molecule has 0 radical (unpaired) electrons. The second-order valence-electron chi connectivity index (χ2n) is 5.61. The van der Waals surface area contributed by atoms with Crippen molar-refractivity contribution in [3.63, 3.8) is 0 Å². The molecule has 1 heterocycles. The van der Waals surface area contributed by atoms with Crippen molar-refractivity contribution in [3.05, 3.63) is 94.2 Å². The summed E-state index contributed by atoms with van der Waals surface area (Å²) in [5.41, 5.74) is 2.31. The fraction of sp³-hybridized carbons (Fsp3) is 0.100. The fourth-order valence-corrected chi connectivity index (χ4v) is 2.72. The van der Waals surface area contributed by atoms with Gasteiger partial charge in [0.2, 0.25) is 30.1 Å². The average molecular weight is 333 g/mol. The molecule has 0 aliphatic carbocycles. The van der Waals surface area contributed by atoms with Gasteiger partial charge in [0.25, 0.3) is 0 Å². The largest absolute Gasteiger partial charge is 0.287 e. The van der Waals surface area contributed by atoms with Crippen LogP contribution < -0.4 is 4.57 Å². The second-order valence-corrected chi connectivity index (χ2v) is 5.61. The third kappa shape index (κ3) is 3.95. The summed E-state index contributed by atoms with van der Waals surface area (Å²) in [4.78, 5) is 22.8. The molecule has 0 saturated carbocycles. The minimum Gasteiger partial charge on any atom is -0.287 e. The maximum atomic E-state index is 12.6. The summed E-state index contributed by atoms with van der Waals surface area (Å²) in [7, 11) is 0. The number of nitrogens with zero attached hydrogens (tertiary/aromatic N) is 2. The maximum absolute atomic E-state index is 12.6. The van der Waals surface area contributed by atoms with Crippen LogP contribution in [0.5, 0.6) is 0 Å². The highest BCUT2D eigenvalue weighted by molar-refractivity contribution is 5.95. The first-order valence-corrected chi connectivity index (χ1v) is 7.93. The Morgan fingerprint density at radius 1 is 1.00 bits per heavy atom. The summed E-state index contributed by atoms with van der Waals surface area (Å²) >= 11 is 0. The van der Waals surface area contributed by atoms with E-state index >= 15 is 0 Å². The van der Waals surface area contributed by atoms with Gasteiger partial charge in [0.1, 0.15) is 0 Å². The molecule has 0 saturated heterocycles. The average Bonchev–Trinajstić information content (AvgIpc) is 2.63. The van der Waals surface area contributed by atoms with Gasteiger partial charge in [0, 0.05) is 34.1 Å². The number of hydrogen-bond acceptors (Lipinski definition) is 3. The van der Waals surface area contributed by atoms with E-state index in [-0.39, 0.29) is 18.9 Å². The molecule has 124 valence electrons. The van der Waals surface area contributed by atoms with E-state index in [2.05, 4.69) is 0 Å². The van der Waals surface area contributed by atoms with Crippen LogP contribution in [-0.2, 0) is 6.54 Å². The van der Waals surface area contributed by atoms with Crippen molar-refractivity contribution in [2.24, 2.45) is 0 Å². The number of aromatic nitrogens is 1. The molecule has 0 atom stereocenters. The number of benzene rings is 2. The van der Waals surface area contributed by atoms with Crippen LogP contribution in [0.25, 0.3) is 17.0 Å². The van der Waals surface area contributed by atoms with Gasteiger partial charge in [-0.05, 0) is 18.2 Å². The van der Waals surface area contributed by atoms with Gasteiger partial charge < -0.3 is 0 Å². The van der Waals surface area contributed by atoms with E-state index in [0.29, 0.717) is 5.56 Å². The lowest BCUT2D eigenvalue weighted by atomic mass is 10.1. The zero-order valence-electron chi connectivity index (χ0n) is 13.5. The van der Waals surface area contributed by atoms with Crippen molar-refractivity contribution in [2.75, 3.05) is 6.54 Å². The Hall–Kier alpha value is -3.34. The number of hydrogen-bond donors (Lipinski definition) is 0. The van der Waals surface area contributed by atoms with Gasteiger partial charge in [-0.15, -0.1) is 0 Å². The lowest BCUT2D eigenvalue weighted by Crippen LogP contribution is -2.41. The predicted octanol–water partition coefficient (Wildman–Crippen LogP) is 3.30. The summed E-state index contributed by atoms with van der Waals surface area (Å²) in [6.45, 7) is -0.0804. The van der Waals surface area contributed by atoms with Crippen molar-refractivity contribution in [2.45, 2.75) is 6.54 Å². The van der Waals surface area contributed by atoms with Gasteiger partial charge in [-0.2, -0.15) is 4.57 Å². The van der Waals surface area contributed by atoms with Gasteiger partial charge in [-0.1, -0.05) is 42.5 Å². The van der Waals surface area contributed by atoms with E-state index in [9.17, 15) is 14.9 Å². The van der Waals surface area contributed by atoms with Gasteiger partial charge in [-0.3, -0.25) is 14.9 Å². The van der Waals surface area contributed by atoms with Crippen molar-refractivity contribution < 1.29 is 14.3 Å². The summed E-state index contributed by atoms with van der Waals surface area (Å²) in [6, 6.07) is 20.7. The van der Waals surface area contributed by atoms with Crippen LogP contribution in [0.3, 0.4) is 0 Å². The summed E-state index contributed by atoms with van der Waals surface area (Å²) in [5, 5.41) is 11.6. The molecule has 0 unspecified atom stereocenters. The molecule has 0 spiro atoms. The highest BCUT2D eigenvalue weighted by Gasteiger charge is 2.19. The predicted molar refractivity (Wildman–Crippen MR) is 95.8 cm³/mol. The van der Waals surface area contributed by atoms with Crippen LogP contribution >= 0.6 is 0 Å². The number of ketones is 1. The molecular weight excluding hydrogens is 316 g/mol. The summed E-state index contributed by atoms with van der Waals surface area (Å²) < 4.78 is 1.89. The fourth-order valence-electron chi connectivity index (χ4n) is 2.72. The third-order valence-electron chi connectivity index (χ3n) is 3.91. The summed E-state index contributed by atoms with van der Waals surface area (Å²) in [6.07, 6.45) is 3.18. The monoisotopic (exact) mass is 333 g/mol. The molecule has 0 N–H and O–H groups in total. The zero-order valence-corrected chi connectivity index (χ0v) is 13.5. The number of rotatable bonds is 6. The number of carbonyl (C=O) groups is 1. The van der Waals surface area contributed by atoms with Crippen LogP contribution in [0, 0.1) is 10.1 Å². The Labute approximate surface area is 145 Å². The normalized spacial score (nSPS) is 11.0. The molecule has 5 nitrogen and oxygen atoms in total. The van der Waals surface area contributed by atoms with E-state index < -0.39 is 4.92 Å². The highest BCUT2D eigenvalue weighted by atomic mass is 16.6. The van der Waals surface area contributed by atoms with Crippen molar-refractivity contribution >= 4 is 22.8 Å². The molecule has 0 bridgehead atoms. The van der Waals surface area contributed by atoms with Crippen LogP contribution in [-0.4, -0.2) is 17.3 Å². The van der Waals surface area contributed by atoms with E-state index in [1.165, 1.54) is 6.08 Å². The lowest BCUT2D eigenvalue weighted by molar-refractivity contribution is -0.658. The molecule has 0 aliphatic heterocycles. The quantitative estimate of drug-likeness (QED) is 0.301. The van der Waals surface area contributed by atoms with Crippen molar-refractivity contribution in [3.8, 4) is 0 Å². The van der Waals surface area contributed by atoms with E-state index in [0.717, 1.165) is 16.6 Å². The number of pyridine rings is 1. The first-order chi connectivity index (χ1) is 12.1. The van der Waals surface area contributed by atoms with Gasteiger partial charge in [0.05, 0.1) is 0 Å². The molecule has 3 rings (SSSR count). The topological polar surface area (TPSA) is 64.1 Å². The molecule has 25 heavy (non-hydrogen) atoms. The van der Waals surface area contributed by atoms with E-state index in [4.69, 9.17) is 0 Å². The number of fused-ring (bicyclic) bond motifs is 1.